The van der Waals surface area contributed by atoms with Gasteiger partial charge < -0.3 is 9.84 Å². The maximum atomic E-state index is 14.0. The van der Waals surface area contributed by atoms with Crippen LogP contribution in [0.1, 0.15) is 17.2 Å². The summed E-state index contributed by atoms with van der Waals surface area (Å²) in [6.45, 7) is -0.596. The molecule has 2 aromatic rings. The van der Waals surface area contributed by atoms with E-state index in [4.69, 9.17) is 0 Å². The fourth-order valence-corrected chi connectivity index (χ4v) is 2.58. The standard InChI is InChI=1S/C16H10F6N2O3/c17-9-4-8(5-23-6-9)7-24-11-3-1-2-10(13(25)15(18,19)20)12(11)27-16(21,22)14(24)26/h1-6,13,25H,7H2/t13-/m0/s1. The first-order valence-electron chi connectivity index (χ1n) is 7.36. The van der Waals surface area contributed by atoms with Crippen LogP contribution < -0.4 is 9.64 Å². The van der Waals surface area contributed by atoms with Gasteiger partial charge in [0.15, 0.2) is 11.9 Å². The van der Waals surface area contributed by atoms with Crippen LogP contribution in [-0.4, -0.2) is 28.3 Å². The lowest BCUT2D eigenvalue weighted by molar-refractivity contribution is -0.211. The molecule has 1 N–H and O–H groups in total. The maximum Gasteiger partial charge on any atom is 0.483 e. The number of ether oxygens (including phenoxy) is 1. The third-order valence-corrected chi connectivity index (χ3v) is 3.75. The van der Waals surface area contributed by atoms with E-state index in [1.165, 1.54) is 0 Å². The lowest BCUT2D eigenvalue weighted by Gasteiger charge is -2.35. The minimum atomic E-state index is -5.15. The average Bonchev–Trinajstić information content (AvgIpc) is 2.57. The third-order valence-electron chi connectivity index (χ3n) is 3.75. The molecule has 1 aliphatic heterocycles. The van der Waals surface area contributed by atoms with Gasteiger partial charge >= 0.3 is 18.2 Å². The molecule has 1 aliphatic rings. The summed E-state index contributed by atoms with van der Waals surface area (Å²) in [6.07, 6.45) is -10.8. The summed E-state index contributed by atoms with van der Waals surface area (Å²) in [4.78, 5) is 16.0. The summed E-state index contributed by atoms with van der Waals surface area (Å²) in [7, 11) is 0. The Morgan fingerprint density at radius 2 is 1.96 bits per heavy atom. The second kappa shape index (κ2) is 6.41. The second-order valence-electron chi connectivity index (χ2n) is 5.66. The molecule has 0 radical (unpaired) electrons. The zero-order chi connectivity index (χ0) is 20.0. The van der Waals surface area contributed by atoms with Gasteiger partial charge in [-0.25, -0.2) is 4.39 Å². The summed E-state index contributed by atoms with van der Waals surface area (Å²) in [6, 6.07) is 3.80. The van der Waals surface area contributed by atoms with Crippen LogP contribution in [0.15, 0.2) is 36.7 Å². The molecule has 5 nitrogen and oxygen atoms in total. The number of pyridine rings is 1. The van der Waals surface area contributed by atoms with E-state index in [1.54, 1.807) is 0 Å². The van der Waals surface area contributed by atoms with Gasteiger partial charge in [-0.15, -0.1) is 0 Å². The predicted molar refractivity (Wildman–Crippen MR) is 78.4 cm³/mol. The van der Waals surface area contributed by atoms with E-state index < -0.39 is 53.7 Å². The monoisotopic (exact) mass is 392 g/mol. The maximum absolute atomic E-state index is 14.0. The fourth-order valence-electron chi connectivity index (χ4n) is 2.58. The van der Waals surface area contributed by atoms with Gasteiger partial charge in [-0.2, -0.15) is 22.0 Å². The molecule has 0 saturated heterocycles. The smallest absolute Gasteiger partial charge is 0.423 e. The highest BCUT2D eigenvalue weighted by Crippen LogP contribution is 2.47. The Balaban J connectivity index is 2.10. The van der Waals surface area contributed by atoms with Crippen molar-refractivity contribution in [1.82, 2.24) is 4.98 Å². The Labute approximate surface area is 147 Å². The first-order valence-corrected chi connectivity index (χ1v) is 7.36. The lowest BCUT2D eigenvalue weighted by Crippen LogP contribution is -2.50. The molecule has 3 rings (SSSR count). The number of carbonyl (C=O) groups excluding carboxylic acids is 1. The molecule has 0 fully saturated rings. The molecule has 144 valence electrons. The highest BCUT2D eigenvalue weighted by Gasteiger charge is 2.52. The van der Waals surface area contributed by atoms with E-state index >= 15 is 0 Å². The van der Waals surface area contributed by atoms with Crippen molar-refractivity contribution < 1.29 is 41.0 Å². The zero-order valence-corrected chi connectivity index (χ0v) is 13.2. The Morgan fingerprint density at radius 3 is 2.59 bits per heavy atom. The van der Waals surface area contributed by atoms with E-state index in [9.17, 15) is 36.2 Å². The number of alkyl halides is 5. The van der Waals surface area contributed by atoms with E-state index in [0.29, 0.717) is 4.90 Å². The molecule has 0 saturated carbocycles. The number of aromatic nitrogens is 1. The summed E-state index contributed by atoms with van der Waals surface area (Å²) < 4.78 is 83.9. The van der Waals surface area contributed by atoms with Crippen molar-refractivity contribution >= 4 is 11.6 Å². The minimum absolute atomic E-state index is 0.0220. The molecule has 0 unspecified atom stereocenters. The zero-order valence-electron chi connectivity index (χ0n) is 13.2. The molecule has 2 heterocycles. The minimum Gasteiger partial charge on any atom is -0.423 e. The molecule has 1 aromatic carbocycles. The molecule has 0 spiro atoms. The molecule has 0 bridgehead atoms. The van der Waals surface area contributed by atoms with Crippen LogP contribution in [0.4, 0.5) is 32.0 Å². The number of fused-ring (bicyclic) bond motifs is 1. The molecule has 11 heteroatoms. The van der Waals surface area contributed by atoms with E-state index in [1.807, 2.05) is 0 Å². The Hall–Kier alpha value is -2.82. The average molecular weight is 392 g/mol. The van der Waals surface area contributed by atoms with Crippen LogP contribution in [0.5, 0.6) is 5.75 Å². The van der Waals surface area contributed by atoms with Gasteiger partial charge in [-0.3, -0.25) is 14.7 Å². The van der Waals surface area contributed by atoms with Gasteiger partial charge in [0.25, 0.3) is 0 Å². The fraction of sp³-hybridized carbons (Fsp3) is 0.250. The number of rotatable bonds is 3. The number of benzene rings is 1. The van der Waals surface area contributed by atoms with Gasteiger partial charge in [0.1, 0.15) is 5.82 Å². The molecule has 1 aromatic heterocycles. The molecule has 1 atom stereocenters. The van der Waals surface area contributed by atoms with Crippen molar-refractivity contribution in [2.75, 3.05) is 4.90 Å². The van der Waals surface area contributed by atoms with E-state index in [-0.39, 0.29) is 5.56 Å². The van der Waals surface area contributed by atoms with Crippen molar-refractivity contribution in [3.8, 4) is 5.75 Å². The number of aliphatic hydroxyl groups is 1. The number of hydrogen-bond acceptors (Lipinski definition) is 4. The van der Waals surface area contributed by atoms with Crippen molar-refractivity contribution in [2.24, 2.45) is 0 Å². The number of halogens is 6. The summed E-state index contributed by atoms with van der Waals surface area (Å²) >= 11 is 0. The predicted octanol–water partition coefficient (Wildman–Crippen LogP) is 3.33. The Morgan fingerprint density at radius 1 is 1.26 bits per heavy atom. The molecular weight excluding hydrogens is 382 g/mol. The Bertz CT molecular complexity index is 887. The number of amides is 1. The first kappa shape index (κ1) is 19.0. The van der Waals surface area contributed by atoms with Crippen molar-refractivity contribution in [1.29, 1.82) is 0 Å². The number of carbonyl (C=O) groups is 1. The van der Waals surface area contributed by atoms with Crippen molar-refractivity contribution in [3.05, 3.63) is 53.6 Å². The van der Waals surface area contributed by atoms with Gasteiger partial charge in [0, 0.05) is 11.8 Å². The number of hydrogen-bond donors (Lipinski definition) is 1. The van der Waals surface area contributed by atoms with Crippen LogP contribution >= 0.6 is 0 Å². The van der Waals surface area contributed by atoms with Gasteiger partial charge in [-0.1, -0.05) is 12.1 Å². The SMILES string of the molecule is O=C1N(Cc2cncc(F)c2)c2cccc([C@H](O)C(F)(F)F)c2OC1(F)F. The normalized spacial score (nSPS) is 17.3. The molecular formula is C16H10F6N2O3. The van der Waals surface area contributed by atoms with Gasteiger partial charge in [-0.05, 0) is 17.7 Å². The molecule has 27 heavy (non-hydrogen) atoms. The molecule has 0 aliphatic carbocycles. The largest absolute Gasteiger partial charge is 0.483 e. The van der Waals surface area contributed by atoms with Crippen LogP contribution in [0.25, 0.3) is 0 Å². The van der Waals surface area contributed by atoms with Crippen LogP contribution in [-0.2, 0) is 11.3 Å². The van der Waals surface area contributed by atoms with E-state index in [2.05, 4.69) is 9.72 Å². The summed E-state index contributed by atoms with van der Waals surface area (Å²) in [5.74, 6) is -3.63. The Kier molecular flexibility index (Phi) is 4.50. The third kappa shape index (κ3) is 3.54. The van der Waals surface area contributed by atoms with Crippen LogP contribution in [0.3, 0.4) is 0 Å². The van der Waals surface area contributed by atoms with E-state index in [0.717, 1.165) is 36.7 Å². The summed E-state index contributed by atoms with van der Waals surface area (Å²) in [5, 5.41) is 9.45. The second-order valence-corrected chi connectivity index (χ2v) is 5.66. The highest BCUT2D eigenvalue weighted by molar-refractivity contribution is 6.01. The lowest BCUT2D eigenvalue weighted by atomic mass is 10.0. The van der Waals surface area contributed by atoms with Crippen molar-refractivity contribution in [2.45, 2.75) is 24.9 Å². The molecule has 1 amide bonds. The van der Waals surface area contributed by atoms with Crippen molar-refractivity contribution in [3.63, 3.8) is 0 Å². The number of para-hydroxylation sites is 1. The van der Waals surface area contributed by atoms with Crippen LogP contribution in [0.2, 0.25) is 0 Å². The summed E-state index contributed by atoms with van der Waals surface area (Å²) in [5.41, 5.74) is -1.38. The quantitative estimate of drug-likeness (QED) is 0.814. The first-order chi connectivity index (χ1) is 12.5. The van der Waals surface area contributed by atoms with Gasteiger partial charge in [0.05, 0.1) is 18.4 Å². The topological polar surface area (TPSA) is 62.7 Å². The number of anilines is 1. The van der Waals surface area contributed by atoms with Gasteiger partial charge in [0.2, 0.25) is 0 Å². The number of aliphatic hydroxyl groups excluding tert-OH is 1. The van der Waals surface area contributed by atoms with Crippen LogP contribution in [0, 0.1) is 5.82 Å². The number of nitrogens with zero attached hydrogens (tertiary/aromatic N) is 2. The highest BCUT2D eigenvalue weighted by atomic mass is 19.4.